The van der Waals surface area contributed by atoms with E-state index in [1.165, 1.54) is 18.5 Å². The third kappa shape index (κ3) is 6.61. The number of fused-ring (bicyclic) bond motifs is 1. The molecule has 6 rings (SSSR count). The van der Waals surface area contributed by atoms with E-state index in [-0.39, 0.29) is 5.56 Å². The maximum Gasteiger partial charge on any atom is 0.279 e. The van der Waals surface area contributed by atoms with Gasteiger partial charge in [-0.25, -0.2) is 0 Å². The number of carbonyl (C=O) groups excluding carboxylic acids is 1. The molecule has 220 valence electrons. The van der Waals surface area contributed by atoms with Crippen LogP contribution in [0.2, 0.25) is 0 Å². The number of carbonyl (C=O) groups is 1. The fourth-order valence-corrected chi connectivity index (χ4v) is 5.46. The Hall–Kier alpha value is -4.27. The van der Waals surface area contributed by atoms with Crippen molar-refractivity contribution in [3.8, 4) is 16.9 Å². The molecular weight excluding hydrogens is 528 g/mol. The molecule has 0 bridgehead atoms. The molecule has 0 unspecified atom stereocenters. The fraction of sp³-hybridized carbons (Fsp3) is 0.324. The second-order valence-corrected chi connectivity index (χ2v) is 10.3. The van der Waals surface area contributed by atoms with Crippen molar-refractivity contribution in [3.63, 3.8) is 0 Å². The lowest BCUT2D eigenvalue weighted by Crippen LogP contribution is -2.36. The number of ether oxygens (including phenoxy) is 2. The van der Waals surface area contributed by atoms with Crippen molar-refractivity contribution in [2.75, 3.05) is 63.4 Å². The van der Waals surface area contributed by atoms with Gasteiger partial charge in [0.1, 0.15) is 6.79 Å². The standard InChI is InChI=1S/C31H32N4O2.C2H6O.CH2O/c1-3-23-18-24(20-26(19-23)33-12-6-7-13-33)30-27-8-4-5-9-28(27)31(36)35(32-30)29-21-25(11-10-22(29)2)34-14-16-37-17-15-34;1-3-2;1-2/h3-5,8-11,18-21H,1,6-7,12-17H2,2H3;1-2H3;1H2. The second-order valence-electron chi connectivity index (χ2n) is 10.3. The molecule has 0 saturated carbocycles. The van der Waals surface area contributed by atoms with Crippen molar-refractivity contribution in [3.05, 3.63) is 88.7 Å². The summed E-state index contributed by atoms with van der Waals surface area (Å²) >= 11 is 0. The van der Waals surface area contributed by atoms with Crippen LogP contribution in [-0.4, -0.2) is 70.2 Å². The van der Waals surface area contributed by atoms with Crippen LogP contribution in [0.1, 0.15) is 24.0 Å². The highest BCUT2D eigenvalue weighted by molar-refractivity contribution is 5.95. The molecule has 3 heterocycles. The average Bonchev–Trinajstić information content (AvgIpc) is 3.59. The van der Waals surface area contributed by atoms with Crippen LogP contribution in [0.15, 0.2) is 72.0 Å². The van der Waals surface area contributed by atoms with Gasteiger partial charge in [-0.1, -0.05) is 36.9 Å². The van der Waals surface area contributed by atoms with Gasteiger partial charge in [0.05, 0.1) is 30.0 Å². The van der Waals surface area contributed by atoms with Gasteiger partial charge in [-0.15, -0.1) is 0 Å². The molecule has 4 aromatic rings. The van der Waals surface area contributed by atoms with Gasteiger partial charge in [-0.3, -0.25) is 4.79 Å². The zero-order chi connectivity index (χ0) is 30.1. The second kappa shape index (κ2) is 14.6. The first-order valence-electron chi connectivity index (χ1n) is 14.2. The molecule has 8 heteroatoms. The van der Waals surface area contributed by atoms with Gasteiger partial charge in [0.15, 0.2) is 0 Å². The Labute approximate surface area is 247 Å². The number of hydrogen-bond acceptors (Lipinski definition) is 7. The highest BCUT2D eigenvalue weighted by atomic mass is 16.5. The maximum atomic E-state index is 13.8. The number of morpholine rings is 1. The third-order valence-corrected chi connectivity index (χ3v) is 7.52. The summed E-state index contributed by atoms with van der Waals surface area (Å²) in [6.07, 6.45) is 4.30. The lowest BCUT2D eigenvalue weighted by atomic mass is 10.0. The first kappa shape index (κ1) is 30.7. The minimum Gasteiger partial charge on any atom is -0.388 e. The Balaban J connectivity index is 0.000000763. The molecule has 2 fully saturated rings. The van der Waals surface area contributed by atoms with E-state index in [9.17, 15) is 4.79 Å². The summed E-state index contributed by atoms with van der Waals surface area (Å²) in [5.74, 6) is 0. The smallest absolute Gasteiger partial charge is 0.279 e. The molecule has 0 aliphatic carbocycles. The Bertz CT molecular complexity index is 1570. The van der Waals surface area contributed by atoms with Crippen LogP contribution in [0.4, 0.5) is 11.4 Å². The van der Waals surface area contributed by atoms with E-state index in [0.717, 1.165) is 65.3 Å². The molecule has 2 aliphatic rings. The van der Waals surface area contributed by atoms with Crippen LogP contribution in [0.3, 0.4) is 0 Å². The summed E-state index contributed by atoms with van der Waals surface area (Å²) < 4.78 is 11.4. The summed E-state index contributed by atoms with van der Waals surface area (Å²) in [6, 6.07) is 20.6. The molecule has 8 nitrogen and oxygen atoms in total. The van der Waals surface area contributed by atoms with E-state index in [4.69, 9.17) is 14.6 Å². The molecular formula is C34H40N4O4. The zero-order valence-electron chi connectivity index (χ0n) is 24.8. The number of rotatable bonds is 5. The molecule has 0 amide bonds. The molecule has 0 spiro atoms. The Morgan fingerprint density at radius 3 is 2.17 bits per heavy atom. The third-order valence-electron chi connectivity index (χ3n) is 7.52. The number of methoxy groups -OCH3 is 1. The normalized spacial score (nSPS) is 14.5. The van der Waals surface area contributed by atoms with Crippen LogP contribution < -0.4 is 15.4 Å². The van der Waals surface area contributed by atoms with E-state index < -0.39 is 0 Å². The molecule has 0 atom stereocenters. The molecule has 42 heavy (non-hydrogen) atoms. The van der Waals surface area contributed by atoms with Gasteiger partial charge in [0.25, 0.3) is 5.56 Å². The van der Waals surface area contributed by atoms with Crippen LogP contribution in [0.25, 0.3) is 33.8 Å². The van der Waals surface area contributed by atoms with Crippen LogP contribution in [0.5, 0.6) is 0 Å². The van der Waals surface area contributed by atoms with Crippen molar-refractivity contribution in [1.29, 1.82) is 0 Å². The summed E-state index contributed by atoms with van der Waals surface area (Å²) in [6.45, 7) is 13.3. The fourth-order valence-electron chi connectivity index (χ4n) is 5.46. The Morgan fingerprint density at radius 2 is 1.50 bits per heavy atom. The van der Waals surface area contributed by atoms with E-state index in [0.29, 0.717) is 18.6 Å². The maximum absolute atomic E-state index is 13.8. The van der Waals surface area contributed by atoms with Gasteiger partial charge < -0.3 is 24.1 Å². The SMILES string of the molecule is C=Cc1cc(-c2nn(-c3cc(N4CCOCC4)ccc3C)c(=O)c3ccccc23)cc(N2CCCC2)c1.C=O.COC. The summed E-state index contributed by atoms with van der Waals surface area (Å²) in [7, 11) is 3.25. The van der Waals surface area contributed by atoms with Crippen molar-refractivity contribution >= 4 is 35.0 Å². The predicted molar refractivity (Wildman–Crippen MR) is 172 cm³/mol. The highest BCUT2D eigenvalue weighted by Gasteiger charge is 2.19. The first-order chi connectivity index (χ1) is 20.5. The summed E-state index contributed by atoms with van der Waals surface area (Å²) in [5, 5.41) is 6.56. The minimum atomic E-state index is -0.110. The van der Waals surface area contributed by atoms with Crippen molar-refractivity contribution in [2.45, 2.75) is 19.8 Å². The lowest BCUT2D eigenvalue weighted by Gasteiger charge is -2.29. The number of aromatic nitrogens is 2. The number of benzene rings is 3. The monoisotopic (exact) mass is 568 g/mol. The Kier molecular flexibility index (Phi) is 10.6. The average molecular weight is 569 g/mol. The van der Waals surface area contributed by atoms with Gasteiger partial charge in [0.2, 0.25) is 0 Å². The number of aryl methyl sites for hydroxylation is 1. The van der Waals surface area contributed by atoms with Crippen molar-refractivity contribution in [1.82, 2.24) is 9.78 Å². The molecule has 2 saturated heterocycles. The van der Waals surface area contributed by atoms with E-state index in [1.54, 1.807) is 18.9 Å². The summed E-state index contributed by atoms with van der Waals surface area (Å²) in [5.41, 5.74) is 6.80. The Morgan fingerprint density at radius 1 is 0.857 bits per heavy atom. The molecule has 0 radical (unpaired) electrons. The summed E-state index contributed by atoms with van der Waals surface area (Å²) in [4.78, 5) is 26.5. The number of nitrogens with zero attached hydrogens (tertiary/aromatic N) is 4. The predicted octanol–water partition coefficient (Wildman–Crippen LogP) is 5.52. The molecule has 1 aromatic heterocycles. The van der Waals surface area contributed by atoms with Gasteiger partial charge in [-0.2, -0.15) is 9.78 Å². The molecule has 3 aromatic carbocycles. The van der Waals surface area contributed by atoms with Gasteiger partial charge in [0, 0.05) is 62.7 Å². The zero-order valence-corrected chi connectivity index (χ0v) is 24.8. The quantitative estimate of drug-likeness (QED) is 0.314. The minimum absolute atomic E-state index is 0.110. The van der Waals surface area contributed by atoms with Gasteiger partial charge >= 0.3 is 0 Å². The van der Waals surface area contributed by atoms with Crippen molar-refractivity contribution in [2.24, 2.45) is 0 Å². The molecule has 0 N–H and O–H groups in total. The lowest BCUT2D eigenvalue weighted by molar-refractivity contribution is -0.0980. The highest BCUT2D eigenvalue weighted by Crippen LogP contribution is 2.32. The van der Waals surface area contributed by atoms with Crippen LogP contribution in [-0.2, 0) is 14.3 Å². The van der Waals surface area contributed by atoms with Gasteiger partial charge in [-0.05, 0) is 67.3 Å². The van der Waals surface area contributed by atoms with E-state index in [2.05, 4.69) is 57.5 Å². The topological polar surface area (TPSA) is 76.9 Å². The van der Waals surface area contributed by atoms with Crippen LogP contribution >= 0.6 is 0 Å². The first-order valence-corrected chi connectivity index (χ1v) is 14.2. The van der Waals surface area contributed by atoms with E-state index in [1.807, 2.05) is 44.1 Å². The number of hydrogen-bond donors (Lipinski definition) is 0. The van der Waals surface area contributed by atoms with Crippen molar-refractivity contribution < 1.29 is 14.3 Å². The molecule has 2 aliphatic heterocycles. The largest absolute Gasteiger partial charge is 0.388 e. The number of anilines is 2. The van der Waals surface area contributed by atoms with E-state index >= 15 is 0 Å². The van der Waals surface area contributed by atoms with Crippen LogP contribution in [0, 0.1) is 6.92 Å².